The first-order valence-corrected chi connectivity index (χ1v) is 7.44. The fourth-order valence-corrected chi connectivity index (χ4v) is 2.82. The van der Waals surface area contributed by atoms with Crippen molar-refractivity contribution in [1.29, 1.82) is 0 Å². The monoisotopic (exact) mass is 324 g/mol. The molecule has 0 unspecified atom stereocenters. The second kappa shape index (κ2) is 5.81. The first-order valence-electron chi connectivity index (χ1n) is 7.44. The maximum absolute atomic E-state index is 12.4. The van der Waals surface area contributed by atoms with E-state index in [4.69, 9.17) is 0 Å². The van der Waals surface area contributed by atoms with Crippen LogP contribution in [-0.2, 0) is 6.54 Å². The van der Waals surface area contributed by atoms with Crippen molar-refractivity contribution in [2.45, 2.75) is 13.5 Å². The minimum Gasteiger partial charge on any atom is -0.507 e. The Labute approximate surface area is 138 Å². The molecule has 0 saturated carbocycles. The summed E-state index contributed by atoms with van der Waals surface area (Å²) in [6, 6.07) is 9.81. The zero-order valence-corrected chi connectivity index (χ0v) is 13.3. The highest BCUT2D eigenvalue weighted by Crippen LogP contribution is 2.28. The summed E-state index contributed by atoms with van der Waals surface area (Å²) in [5, 5.41) is 12.5. The van der Waals surface area contributed by atoms with E-state index in [1.165, 1.54) is 13.1 Å². The minimum atomic E-state index is -0.431. The van der Waals surface area contributed by atoms with Crippen molar-refractivity contribution in [3.8, 4) is 5.75 Å². The van der Waals surface area contributed by atoms with E-state index >= 15 is 0 Å². The quantitative estimate of drug-likeness (QED) is 0.844. The van der Waals surface area contributed by atoms with E-state index < -0.39 is 5.91 Å². The van der Waals surface area contributed by atoms with Gasteiger partial charge >= 0.3 is 0 Å². The van der Waals surface area contributed by atoms with E-state index in [1.54, 1.807) is 37.3 Å². The standard InChI is InChI=1S/C18H16N2O4/c1-10-7-11(8-14(15(10)21)16(22)19-2)9-20-17(23)12-5-3-4-6-13(12)18(20)24/h3-8,21H,9H2,1-2H3,(H,19,22). The van der Waals surface area contributed by atoms with Crippen LogP contribution in [0.3, 0.4) is 0 Å². The topological polar surface area (TPSA) is 86.7 Å². The third-order valence-electron chi connectivity index (χ3n) is 4.05. The number of amides is 3. The smallest absolute Gasteiger partial charge is 0.261 e. The summed E-state index contributed by atoms with van der Waals surface area (Å²) in [7, 11) is 1.47. The summed E-state index contributed by atoms with van der Waals surface area (Å²) in [5.41, 5.74) is 1.97. The number of benzene rings is 2. The molecule has 2 aromatic carbocycles. The molecule has 0 aromatic heterocycles. The molecule has 1 aliphatic heterocycles. The van der Waals surface area contributed by atoms with Gasteiger partial charge in [0.1, 0.15) is 5.75 Å². The van der Waals surface area contributed by atoms with Crippen molar-refractivity contribution < 1.29 is 19.5 Å². The predicted molar refractivity (Wildman–Crippen MR) is 86.9 cm³/mol. The van der Waals surface area contributed by atoms with Gasteiger partial charge in [0.05, 0.1) is 23.2 Å². The Kier molecular flexibility index (Phi) is 3.81. The number of nitrogens with one attached hydrogen (secondary N) is 1. The second-order valence-electron chi connectivity index (χ2n) is 5.63. The van der Waals surface area contributed by atoms with Crippen molar-refractivity contribution in [1.82, 2.24) is 10.2 Å². The number of aryl methyl sites for hydroxylation is 1. The van der Waals surface area contributed by atoms with Crippen LogP contribution in [0.2, 0.25) is 0 Å². The number of fused-ring (bicyclic) bond motifs is 1. The van der Waals surface area contributed by atoms with Gasteiger partial charge in [-0.3, -0.25) is 19.3 Å². The van der Waals surface area contributed by atoms with Crippen LogP contribution >= 0.6 is 0 Å². The largest absolute Gasteiger partial charge is 0.507 e. The van der Waals surface area contributed by atoms with E-state index in [9.17, 15) is 19.5 Å². The van der Waals surface area contributed by atoms with Crippen LogP contribution in [0.15, 0.2) is 36.4 Å². The van der Waals surface area contributed by atoms with Crippen molar-refractivity contribution in [2.24, 2.45) is 0 Å². The van der Waals surface area contributed by atoms with Gasteiger partial charge in [0.2, 0.25) is 0 Å². The lowest BCUT2D eigenvalue weighted by Crippen LogP contribution is -2.29. The molecule has 3 rings (SSSR count). The molecule has 6 heteroatoms. The zero-order chi connectivity index (χ0) is 17.4. The number of nitrogens with zero attached hydrogens (tertiary/aromatic N) is 1. The van der Waals surface area contributed by atoms with Gasteiger partial charge in [-0.05, 0) is 36.2 Å². The Hall–Kier alpha value is -3.15. The lowest BCUT2D eigenvalue weighted by Gasteiger charge is -2.16. The Bertz CT molecular complexity index is 838. The summed E-state index contributed by atoms with van der Waals surface area (Å²) < 4.78 is 0. The molecular weight excluding hydrogens is 308 g/mol. The average molecular weight is 324 g/mol. The number of hydrogen-bond acceptors (Lipinski definition) is 4. The number of hydrogen-bond donors (Lipinski definition) is 2. The molecule has 6 nitrogen and oxygen atoms in total. The number of carbonyl (C=O) groups excluding carboxylic acids is 3. The van der Waals surface area contributed by atoms with Gasteiger partial charge in [0, 0.05) is 7.05 Å². The van der Waals surface area contributed by atoms with Crippen LogP contribution in [0.25, 0.3) is 0 Å². The normalized spacial score (nSPS) is 13.2. The molecule has 24 heavy (non-hydrogen) atoms. The summed E-state index contributed by atoms with van der Waals surface area (Å²) in [6.07, 6.45) is 0. The zero-order valence-electron chi connectivity index (χ0n) is 13.3. The molecule has 0 saturated heterocycles. The van der Waals surface area contributed by atoms with Crippen LogP contribution in [0.1, 0.15) is 42.2 Å². The molecule has 1 heterocycles. The van der Waals surface area contributed by atoms with Crippen LogP contribution in [0, 0.1) is 6.92 Å². The lowest BCUT2D eigenvalue weighted by atomic mass is 10.0. The van der Waals surface area contributed by atoms with Crippen LogP contribution in [-0.4, -0.2) is 34.8 Å². The van der Waals surface area contributed by atoms with E-state index in [0.717, 1.165) is 4.90 Å². The van der Waals surface area contributed by atoms with Gasteiger partial charge in [0.25, 0.3) is 17.7 Å². The SMILES string of the molecule is CNC(=O)c1cc(CN2C(=O)c3ccccc3C2=O)cc(C)c1O. The van der Waals surface area contributed by atoms with Crippen LogP contribution < -0.4 is 5.32 Å². The van der Waals surface area contributed by atoms with E-state index in [2.05, 4.69) is 5.32 Å². The van der Waals surface area contributed by atoms with Gasteiger partial charge in [-0.15, -0.1) is 0 Å². The van der Waals surface area contributed by atoms with E-state index in [1.807, 2.05) is 0 Å². The third-order valence-corrected chi connectivity index (χ3v) is 4.05. The molecule has 0 aliphatic carbocycles. The first kappa shape index (κ1) is 15.7. The van der Waals surface area contributed by atoms with Crippen LogP contribution in [0.5, 0.6) is 5.75 Å². The van der Waals surface area contributed by atoms with Gasteiger partial charge < -0.3 is 10.4 Å². The number of carbonyl (C=O) groups is 3. The van der Waals surface area contributed by atoms with Crippen molar-refractivity contribution >= 4 is 17.7 Å². The summed E-state index contributed by atoms with van der Waals surface area (Å²) in [4.78, 5) is 37.8. The Morgan fingerprint density at radius 2 is 1.71 bits per heavy atom. The average Bonchev–Trinajstić information content (AvgIpc) is 2.82. The highest BCUT2D eigenvalue weighted by atomic mass is 16.3. The highest BCUT2D eigenvalue weighted by Gasteiger charge is 2.35. The van der Waals surface area contributed by atoms with E-state index in [0.29, 0.717) is 22.3 Å². The number of rotatable bonds is 3. The number of phenolic OH excluding ortho intramolecular Hbond substituents is 1. The molecule has 1 aliphatic rings. The molecule has 0 spiro atoms. The first-order chi connectivity index (χ1) is 11.4. The van der Waals surface area contributed by atoms with Gasteiger partial charge in [-0.1, -0.05) is 18.2 Å². The summed E-state index contributed by atoms with van der Waals surface area (Å²) >= 11 is 0. The Morgan fingerprint density at radius 3 is 2.25 bits per heavy atom. The molecule has 2 N–H and O–H groups in total. The number of phenols is 1. The van der Waals surface area contributed by atoms with Crippen molar-refractivity contribution in [2.75, 3.05) is 7.05 Å². The Balaban J connectivity index is 1.96. The molecule has 122 valence electrons. The molecule has 0 bridgehead atoms. The van der Waals surface area contributed by atoms with Crippen molar-refractivity contribution in [3.05, 3.63) is 64.2 Å². The molecule has 0 fully saturated rings. The minimum absolute atomic E-state index is 0.0391. The number of imide groups is 1. The molecule has 2 aromatic rings. The predicted octanol–water partition coefficient (Wildman–Crippen LogP) is 1.86. The van der Waals surface area contributed by atoms with Gasteiger partial charge in [-0.2, -0.15) is 0 Å². The lowest BCUT2D eigenvalue weighted by molar-refractivity contribution is 0.0642. The van der Waals surface area contributed by atoms with Gasteiger partial charge in [0.15, 0.2) is 0 Å². The van der Waals surface area contributed by atoms with E-state index in [-0.39, 0.29) is 29.7 Å². The second-order valence-corrected chi connectivity index (χ2v) is 5.63. The fourth-order valence-electron chi connectivity index (χ4n) is 2.82. The maximum atomic E-state index is 12.4. The fraction of sp³-hybridized carbons (Fsp3) is 0.167. The highest BCUT2D eigenvalue weighted by molar-refractivity contribution is 6.21. The molecule has 3 amide bonds. The maximum Gasteiger partial charge on any atom is 0.261 e. The molecule has 0 atom stereocenters. The number of aromatic hydroxyl groups is 1. The summed E-state index contributed by atoms with van der Waals surface area (Å²) in [5.74, 6) is -1.26. The van der Waals surface area contributed by atoms with Crippen LogP contribution in [0.4, 0.5) is 0 Å². The van der Waals surface area contributed by atoms with Gasteiger partial charge in [-0.25, -0.2) is 0 Å². The molecule has 0 radical (unpaired) electrons. The summed E-state index contributed by atoms with van der Waals surface area (Å²) in [6.45, 7) is 1.70. The third kappa shape index (κ3) is 2.42. The Morgan fingerprint density at radius 1 is 1.12 bits per heavy atom. The van der Waals surface area contributed by atoms with Crippen molar-refractivity contribution in [3.63, 3.8) is 0 Å². The molecular formula is C18H16N2O4.